The van der Waals surface area contributed by atoms with Crippen molar-refractivity contribution >= 4 is 22.7 Å². The smallest absolute Gasteiger partial charge is 0.407 e. The van der Waals surface area contributed by atoms with Gasteiger partial charge in [0.25, 0.3) is 0 Å². The van der Waals surface area contributed by atoms with Gasteiger partial charge in [-0.2, -0.15) is 0 Å². The van der Waals surface area contributed by atoms with Crippen LogP contribution in [0, 0.1) is 0 Å². The summed E-state index contributed by atoms with van der Waals surface area (Å²) in [5.74, 6) is 0.775. The molecule has 1 saturated heterocycles. The maximum absolute atomic E-state index is 11.0. The SMILES string of the molecule is COc1ccc2nccc(N[C@@H]3CCN(C(=O)O)C3)c2c1. The number of hydrogen-bond donors (Lipinski definition) is 2. The van der Waals surface area contributed by atoms with Gasteiger partial charge in [-0.15, -0.1) is 0 Å². The lowest BCUT2D eigenvalue weighted by molar-refractivity contribution is 0.155. The zero-order valence-corrected chi connectivity index (χ0v) is 11.7. The molecule has 0 aliphatic carbocycles. The Bertz CT molecular complexity index is 674. The highest BCUT2D eigenvalue weighted by molar-refractivity contribution is 5.92. The van der Waals surface area contributed by atoms with Gasteiger partial charge in [0.05, 0.1) is 12.6 Å². The second kappa shape index (κ2) is 5.47. The number of fused-ring (bicyclic) bond motifs is 1. The zero-order chi connectivity index (χ0) is 14.8. The van der Waals surface area contributed by atoms with Crippen molar-refractivity contribution in [2.24, 2.45) is 0 Å². The van der Waals surface area contributed by atoms with E-state index in [1.807, 2.05) is 24.3 Å². The van der Waals surface area contributed by atoms with Crippen LogP contribution in [0.1, 0.15) is 6.42 Å². The van der Waals surface area contributed by atoms with E-state index in [4.69, 9.17) is 9.84 Å². The minimum absolute atomic E-state index is 0.123. The first-order chi connectivity index (χ1) is 10.2. The fraction of sp³-hybridized carbons (Fsp3) is 0.333. The summed E-state index contributed by atoms with van der Waals surface area (Å²) < 4.78 is 5.25. The Morgan fingerprint density at radius 1 is 1.48 bits per heavy atom. The van der Waals surface area contributed by atoms with Gasteiger partial charge in [0.1, 0.15) is 5.75 Å². The van der Waals surface area contributed by atoms with Crippen LogP contribution in [0.4, 0.5) is 10.5 Å². The molecule has 1 atom stereocenters. The molecule has 1 aromatic carbocycles. The number of rotatable bonds is 3. The van der Waals surface area contributed by atoms with Crippen LogP contribution < -0.4 is 10.1 Å². The molecule has 0 bridgehead atoms. The van der Waals surface area contributed by atoms with Crippen LogP contribution >= 0.6 is 0 Å². The molecule has 0 spiro atoms. The van der Waals surface area contributed by atoms with Gasteiger partial charge < -0.3 is 20.1 Å². The van der Waals surface area contributed by atoms with Crippen molar-refractivity contribution in [3.8, 4) is 5.75 Å². The molecule has 2 N–H and O–H groups in total. The summed E-state index contributed by atoms with van der Waals surface area (Å²) >= 11 is 0. The van der Waals surface area contributed by atoms with Gasteiger partial charge in [0, 0.05) is 36.4 Å². The fourth-order valence-corrected chi connectivity index (χ4v) is 2.65. The maximum Gasteiger partial charge on any atom is 0.407 e. The van der Waals surface area contributed by atoms with E-state index in [1.54, 1.807) is 13.3 Å². The van der Waals surface area contributed by atoms with Gasteiger partial charge in [0.2, 0.25) is 0 Å². The molecule has 6 nitrogen and oxygen atoms in total. The Hall–Kier alpha value is -2.50. The Morgan fingerprint density at radius 2 is 2.33 bits per heavy atom. The average Bonchev–Trinajstić information content (AvgIpc) is 2.96. The minimum Gasteiger partial charge on any atom is -0.497 e. The van der Waals surface area contributed by atoms with E-state index in [9.17, 15) is 4.79 Å². The van der Waals surface area contributed by atoms with Crippen molar-refractivity contribution in [2.75, 3.05) is 25.5 Å². The summed E-state index contributed by atoms with van der Waals surface area (Å²) in [7, 11) is 1.63. The summed E-state index contributed by atoms with van der Waals surface area (Å²) in [6, 6.07) is 7.76. The van der Waals surface area contributed by atoms with Crippen LogP contribution in [-0.4, -0.2) is 47.3 Å². The van der Waals surface area contributed by atoms with Crippen LogP contribution in [0.25, 0.3) is 10.9 Å². The molecule has 2 aromatic rings. The van der Waals surface area contributed by atoms with E-state index >= 15 is 0 Å². The number of carboxylic acid groups (broad SMARTS) is 1. The Labute approximate surface area is 122 Å². The number of aromatic nitrogens is 1. The predicted octanol–water partition coefficient (Wildman–Crippen LogP) is 2.41. The number of hydrogen-bond acceptors (Lipinski definition) is 4. The molecule has 1 amide bonds. The Kier molecular flexibility index (Phi) is 3.51. The zero-order valence-electron chi connectivity index (χ0n) is 11.7. The third-order valence-corrected chi connectivity index (χ3v) is 3.77. The quantitative estimate of drug-likeness (QED) is 0.906. The topological polar surface area (TPSA) is 74.7 Å². The largest absolute Gasteiger partial charge is 0.497 e. The lowest BCUT2D eigenvalue weighted by atomic mass is 10.1. The normalized spacial score (nSPS) is 18.0. The Morgan fingerprint density at radius 3 is 3.05 bits per heavy atom. The molecule has 2 heterocycles. The minimum atomic E-state index is -0.861. The van der Waals surface area contributed by atoms with Gasteiger partial charge >= 0.3 is 6.09 Å². The van der Waals surface area contributed by atoms with Gasteiger partial charge in [0.15, 0.2) is 0 Å². The first-order valence-corrected chi connectivity index (χ1v) is 6.84. The molecule has 21 heavy (non-hydrogen) atoms. The van der Waals surface area contributed by atoms with E-state index in [0.29, 0.717) is 13.1 Å². The maximum atomic E-state index is 11.0. The third-order valence-electron chi connectivity index (χ3n) is 3.77. The van der Waals surface area contributed by atoms with E-state index in [0.717, 1.165) is 28.8 Å². The number of likely N-dealkylation sites (tertiary alicyclic amines) is 1. The molecule has 3 rings (SSSR count). The molecule has 0 saturated carbocycles. The van der Waals surface area contributed by atoms with Crippen molar-refractivity contribution in [3.63, 3.8) is 0 Å². The van der Waals surface area contributed by atoms with Crippen molar-refractivity contribution in [3.05, 3.63) is 30.5 Å². The van der Waals surface area contributed by atoms with Crippen LogP contribution in [0.3, 0.4) is 0 Å². The summed E-state index contributed by atoms with van der Waals surface area (Å²) in [5.41, 5.74) is 1.84. The van der Waals surface area contributed by atoms with Gasteiger partial charge in [-0.3, -0.25) is 4.98 Å². The predicted molar refractivity (Wildman–Crippen MR) is 79.9 cm³/mol. The number of ether oxygens (including phenoxy) is 1. The number of pyridine rings is 1. The third kappa shape index (κ3) is 2.69. The lowest BCUT2D eigenvalue weighted by Crippen LogP contribution is -2.30. The van der Waals surface area contributed by atoms with Crippen molar-refractivity contribution < 1.29 is 14.6 Å². The number of methoxy groups -OCH3 is 1. The molecule has 0 unspecified atom stereocenters. The first kappa shape index (κ1) is 13.5. The molecular formula is C15H17N3O3. The van der Waals surface area contributed by atoms with E-state index in [2.05, 4.69) is 10.3 Å². The number of nitrogens with one attached hydrogen (secondary N) is 1. The van der Waals surface area contributed by atoms with Crippen molar-refractivity contribution in [2.45, 2.75) is 12.5 Å². The Balaban J connectivity index is 1.85. The number of anilines is 1. The summed E-state index contributed by atoms with van der Waals surface area (Å²) in [4.78, 5) is 16.7. The lowest BCUT2D eigenvalue weighted by Gasteiger charge is -2.16. The highest BCUT2D eigenvalue weighted by Gasteiger charge is 2.25. The summed E-state index contributed by atoms with van der Waals surface area (Å²) in [6.45, 7) is 1.07. The van der Waals surface area contributed by atoms with Crippen LogP contribution in [0.15, 0.2) is 30.5 Å². The van der Waals surface area contributed by atoms with E-state index < -0.39 is 6.09 Å². The summed E-state index contributed by atoms with van der Waals surface area (Å²) in [5, 5.41) is 13.4. The highest BCUT2D eigenvalue weighted by atomic mass is 16.5. The molecule has 1 fully saturated rings. The molecule has 1 aliphatic heterocycles. The molecule has 1 aliphatic rings. The van der Waals surface area contributed by atoms with E-state index in [-0.39, 0.29) is 6.04 Å². The molecule has 0 radical (unpaired) electrons. The van der Waals surface area contributed by atoms with Gasteiger partial charge in [-0.05, 0) is 30.7 Å². The van der Waals surface area contributed by atoms with Crippen LogP contribution in [0.2, 0.25) is 0 Å². The second-order valence-electron chi connectivity index (χ2n) is 5.10. The number of carbonyl (C=O) groups is 1. The van der Waals surface area contributed by atoms with Crippen LogP contribution in [0.5, 0.6) is 5.75 Å². The average molecular weight is 287 g/mol. The highest BCUT2D eigenvalue weighted by Crippen LogP contribution is 2.27. The standard InChI is InChI=1S/C15H17N3O3/c1-21-11-2-3-13-12(8-11)14(4-6-16-13)17-10-5-7-18(9-10)15(19)20/h2-4,6,8,10H,5,7,9H2,1H3,(H,16,17)(H,19,20)/t10-/m1/s1. The second-order valence-corrected chi connectivity index (χ2v) is 5.10. The van der Waals surface area contributed by atoms with Crippen molar-refractivity contribution in [1.29, 1.82) is 0 Å². The number of nitrogens with zero attached hydrogens (tertiary/aromatic N) is 2. The summed E-state index contributed by atoms with van der Waals surface area (Å²) in [6.07, 6.45) is 1.70. The molecular weight excluding hydrogens is 270 g/mol. The molecule has 6 heteroatoms. The van der Waals surface area contributed by atoms with Gasteiger partial charge in [-0.25, -0.2) is 4.79 Å². The fourth-order valence-electron chi connectivity index (χ4n) is 2.65. The van der Waals surface area contributed by atoms with Crippen molar-refractivity contribution in [1.82, 2.24) is 9.88 Å². The first-order valence-electron chi connectivity index (χ1n) is 6.84. The monoisotopic (exact) mass is 287 g/mol. The van der Waals surface area contributed by atoms with Gasteiger partial charge in [-0.1, -0.05) is 0 Å². The van der Waals surface area contributed by atoms with Crippen LogP contribution in [-0.2, 0) is 0 Å². The molecule has 1 aromatic heterocycles. The van der Waals surface area contributed by atoms with E-state index in [1.165, 1.54) is 4.90 Å². The number of benzene rings is 1. The number of amides is 1. The molecule has 110 valence electrons.